The van der Waals surface area contributed by atoms with Crippen LogP contribution in [0.3, 0.4) is 0 Å². The summed E-state index contributed by atoms with van der Waals surface area (Å²) < 4.78 is 0. The number of aliphatic imine (C=N–C) groups is 2. The number of H-pyrrole nitrogens is 1. The van der Waals surface area contributed by atoms with Crippen molar-refractivity contribution in [3.63, 3.8) is 0 Å². The van der Waals surface area contributed by atoms with E-state index >= 15 is 0 Å². The van der Waals surface area contributed by atoms with Crippen molar-refractivity contribution in [1.82, 2.24) is 47.1 Å². The molecule has 3 aromatic rings. The Morgan fingerprint density at radius 1 is 0.702 bits per heavy atom. The lowest BCUT2D eigenvalue weighted by atomic mass is 10.0. The van der Waals surface area contributed by atoms with E-state index in [2.05, 4.69) is 52.2 Å². The molecule has 22 N–H and O–H groups in total. The van der Waals surface area contributed by atoms with Gasteiger partial charge in [0.05, 0.1) is 18.8 Å². The fraction of sp³-hybridized carbons (Fsp3) is 0.545. The Labute approximate surface area is 492 Å². The predicted molar refractivity (Wildman–Crippen MR) is 319 cm³/mol. The average molecular weight is 1190 g/mol. The average Bonchev–Trinajstić information content (AvgIpc) is 4.30. The maximum atomic E-state index is 14.8. The molecule has 2 aromatic carbocycles. The number of nitrogens with two attached hydrogens (primary N) is 6. The number of aromatic amines is 1. The third-order valence-corrected chi connectivity index (χ3v) is 14.6. The number of thioether (sulfide) groups is 1. The Morgan fingerprint density at radius 3 is 1.90 bits per heavy atom. The van der Waals surface area contributed by atoms with Crippen LogP contribution in [-0.4, -0.2) is 191 Å². The number of aromatic nitrogens is 1. The molecule has 1 aliphatic heterocycles. The monoisotopic (exact) mass is 1190 g/mol. The zero-order valence-electron chi connectivity index (χ0n) is 47.6. The Balaban J connectivity index is 1.59. The maximum Gasteiger partial charge on any atom is 0.245 e. The molecule has 1 fully saturated rings. The first-order chi connectivity index (χ1) is 40.2. The second kappa shape index (κ2) is 36.0. The van der Waals surface area contributed by atoms with Gasteiger partial charge in [0, 0.05) is 49.6 Å². The summed E-state index contributed by atoms with van der Waals surface area (Å²) in [6.45, 7) is 1.17. The van der Waals surface area contributed by atoms with Crippen LogP contribution in [0.5, 0.6) is 0 Å². The van der Waals surface area contributed by atoms with Crippen molar-refractivity contribution in [2.75, 3.05) is 44.8 Å². The molecule has 0 bridgehead atoms. The van der Waals surface area contributed by atoms with Gasteiger partial charge in [0.2, 0.25) is 47.3 Å². The summed E-state index contributed by atoms with van der Waals surface area (Å²) in [4.78, 5) is 137. The fourth-order valence-corrected chi connectivity index (χ4v) is 9.86. The highest BCUT2D eigenvalue weighted by molar-refractivity contribution is 7.98. The van der Waals surface area contributed by atoms with Crippen LogP contribution in [0.15, 0.2) is 70.8 Å². The van der Waals surface area contributed by atoms with E-state index in [0.29, 0.717) is 48.8 Å². The number of hydrogen-bond acceptors (Lipinski definition) is 16. The summed E-state index contributed by atoms with van der Waals surface area (Å²) in [5, 5.41) is 39.8. The van der Waals surface area contributed by atoms with Gasteiger partial charge in [-0.2, -0.15) is 11.8 Å². The van der Waals surface area contributed by atoms with Crippen LogP contribution < -0.4 is 71.6 Å². The number of guanidine groups is 2. The summed E-state index contributed by atoms with van der Waals surface area (Å²) >= 11 is 1.38. The van der Waals surface area contributed by atoms with E-state index in [1.165, 1.54) is 23.6 Å². The topological polar surface area (TPSA) is 478 Å². The first-order valence-corrected chi connectivity index (χ1v) is 29.4. The van der Waals surface area contributed by atoms with E-state index < -0.39 is 114 Å². The maximum absolute atomic E-state index is 14.8. The van der Waals surface area contributed by atoms with Crippen LogP contribution in [0, 0.1) is 0 Å². The molecule has 4 rings (SSSR count). The van der Waals surface area contributed by atoms with Crippen LogP contribution in [0.2, 0.25) is 0 Å². The minimum atomic E-state index is -1.53. The van der Waals surface area contributed by atoms with E-state index in [4.69, 9.17) is 34.4 Å². The SMILES string of the molecule is CSCC[C@H](NC(=O)[C@@H]1CCCN1C(=O)[C@H](CCCCN)NC(=O)[C@H](CCCN=C(N)N)NC(=O)[C@H](Cc1ccccc1)NC(=O)[C@H](Cc1c[nH]c2ccccc12)NC(=O)[C@@H](N)CO)C(=O)N[C@H](C(=O)N[C@H](C=O)CCCN=C(N)N)[C@@H](C)O. The van der Waals surface area contributed by atoms with Crippen molar-refractivity contribution in [3.05, 3.63) is 71.9 Å². The Kier molecular flexibility index (Phi) is 29.4. The molecule has 8 amide bonds. The number of nitrogens with one attached hydrogen (secondary N) is 8. The third-order valence-electron chi connectivity index (χ3n) is 13.9. The van der Waals surface area contributed by atoms with Crippen LogP contribution in [0.1, 0.15) is 82.3 Å². The molecule has 1 aromatic heterocycles. The van der Waals surface area contributed by atoms with E-state index in [1.54, 1.807) is 42.8 Å². The first-order valence-electron chi connectivity index (χ1n) is 28.0. The molecule has 462 valence electrons. The van der Waals surface area contributed by atoms with E-state index in [0.717, 1.165) is 10.9 Å². The van der Waals surface area contributed by atoms with E-state index in [-0.39, 0.29) is 89.5 Å². The van der Waals surface area contributed by atoms with Crippen molar-refractivity contribution in [3.8, 4) is 0 Å². The van der Waals surface area contributed by atoms with Gasteiger partial charge < -0.3 is 96.5 Å². The lowest BCUT2D eigenvalue weighted by Crippen LogP contribution is -2.61. The predicted octanol–water partition coefficient (Wildman–Crippen LogP) is -3.77. The number of benzene rings is 2. The van der Waals surface area contributed by atoms with Crippen molar-refractivity contribution < 1.29 is 53.4 Å². The molecule has 84 heavy (non-hydrogen) atoms. The quantitative estimate of drug-likeness (QED) is 0.0114. The highest BCUT2D eigenvalue weighted by atomic mass is 32.2. The molecule has 2 heterocycles. The van der Waals surface area contributed by atoms with Crippen molar-refractivity contribution in [2.45, 2.75) is 144 Å². The Hall–Kier alpha value is -7.86. The lowest BCUT2D eigenvalue weighted by molar-refractivity contribution is -0.143. The molecule has 10 atom stereocenters. The summed E-state index contributed by atoms with van der Waals surface area (Å²) in [6, 6.07) is 4.52. The number of fused-ring (bicyclic) bond motifs is 1. The lowest BCUT2D eigenvalue weighted by Gasteiger charge is -2.31. The first kappa shape index (κ1) is 68.6. The van der Waals surface area contributed by atoms with Gasteiger partial charge in [-0.3, -0.25) is 48.3 Å². The van der Waals surface area contributed by atoms with Gasteiger partial charge in [-0.25, -0.2) is 0 Å². The normalized spacial score (nSPS) is 16.2. The number of para-hydroxylation sites is 1. The van der Waals surface area contributed by atoms with Gasteiger partial charge in [-0.1, -0.05) is 48.5 Å². The largest absolute Gasteiger partial charge is 0.394 e. The summed E-state index contributed by atoms with van der Waals surface area (Å²) in [5.41, 5.74) is 35.7. The molecule has 0 unspecified atom stereocenters. The molecular weight excluding hydrogens is 1110 g/mol. The molecule has 28 nitrogen and oxygen atoms in total. The zero-order chi connectivity index (χ0) is 61.7. The number of aliphatic hydroxyl groups is 2. The Morgan fingerprint density at radius 2 is 1.27 bits per heavy atom. The summed E-state index contributed by atoms with van der Waals surface area (Å²) in [5.74, 6) is -6.14. The smallest absolute Gasteiger partial charge is 0.245 e. The number of carbonyl (C=O) groups excluding carboxylic acids is 9. The molecule has 1 aliphatic rings. The second-order valence-electron chi connectivity index (χ2n) is 20.5. The number of nitrogens with zero attached hydrogens (tertiary/aromatic N) is 3. The van der Waals surface area contributed by atoms with Crippen molar-refractivity contribution >= 4 is 88.1 Å². The van der Waals surface area contributed by atoms with E-state index in [1.807, 2.05) is 24.3 Å². The highest BCUT2D eigenvalue weighted by Gasteiger charge is 2.40. The molecule has 0 saturated carbocycles. The number of aldehydes is 1. The number of aliphatic hydroxyl groups excluding tert-OH is 2. The summed E-state index contributed by atoms with van der Waals surface area (Å²) in [6.07, 6.45) is 4.56. The van der Waals surface area contributed by atoms with Crippen molar-refractivity contribution in [2.24, 2.45) is 44.4 Å². The standard InChI is InChI=1S/C55H85N17O11S/c1-32(75)45(52(82)65-35(30-73)15-10-23-62-54(58)59)71-48(78)40(21-26-84-2)67-51(81)44-20-12-25-72(44)53(83)41(18-8-9-22-56)68-47(77)39(19-11-24-63-55(60)61)66-49(79)42(27-33-13-4-3-5-14-33)70-50(80)43(69-46(76)37(57)31-74)28-34-29-64-38-17-7-6-16-36(34)38/h3-7,13-14,16-17,29-30,32,35,37,39-45,64,74-75H,8-12,15,18-28,31,56-57H2,1-2H3,(H,65,82)(H,66,79)(H,67,81)(H,68,77)(H,69,76)(H,70,80)(H,71,78)(H4,58,59,62)(H4,60,61,63)/t32-,35+,37+,39+,40+,41+,42+,43+,44+,45+/m1/s1. The van der Waals surface area contributed by atoms with Gasteiger partial charge in [-0.05, 0) is 107 Å². The minimum absolute atomic E-state index is 0.0487. The van der Waals surface area contributed by atoms with Gasteiger partial charge >= 0.3 is 0 Å². The number of amides is 8. The van der Waals surface area contributed by atoms with Crippen LogP contribution in [-0.2, 0) is 56.0 Å². The van der Waals surface area contributed by atoms with Gasteiger partial charge in [0.15, 0.2) is 11.9 Å². The number of unbranched alkanes of at least 4 members (excludes halogenated alkanes) is 1. The molecule has 0 spiro atoms. The van der Waals surface area contributed by atoms with E-state index in [9.17, 15) is 53.4 Å². The molecule has 1 saturated heterocycles. The molecule has 29 heteroatoms. The zero-order valence-corrected chi connectivity index (χ0v) is 48.5. The number of hydrogen-bond donors (Lipinski definition) is 16. The van der Waals surface area contributed by atoms with Crippen LogP contribution in [0.25, 0.3) is 10.9 Å². The fourth-order valence-electron chi connectivity index (χ4n) is 9.39. The van der Waals surface area contributed by atoms with Gasteiger partial charge in [-0.15, -0.1) is 0 Å². The number of likely N-dealkylation sites (tertiary alicyclic amines) is 1. The third kappa shape index (κ3) is 22.4. The number of rotatable bonds is 37. The number of carbonyl (C=O) groups is 9. The molecule has 0 aliphatic carbocycles. The van der Waals surface area contributed by atoms with Crippen LogP contribution in [0.4, 0.5) is 0 Å². The highest BCUT2D eigenvalue weighted by Crippen LogP contribution is 2.22. The minimum Gasteiger partial charge on any atom is -0.394 e. The van der Waals surface area contributed by atoms with Crippen molar-refractivity contribution in [1.29, 1.82) is 0 Å². The second-order valence-corrected chi connectivity index (χ2v) is 21.5. The summed E-state index contributed by atoms with van der Waals surface area (Å²) in [7, 11) is 0. The Bertz CT molecular complexity index is 2710. The molecule has 0 radical (unpaired) electrons. The van der Waals surface area contributed by atoms with Gasteiger partial charge in [0.1, 0.15) is 54.6 Å². The molecular formula is C55H85N17O11S. The van der Waals surface area contributed by atoms with Gasteiger partial charge in [0.25, 0.3) is 0 Å². The van der Waals surface area contributed by atoms with Crippen LogP contribution >= 0.6 is 11.8 Å².